The van der Waals surface area contributed by atoms with Crippen LogP contribution in [0.2, 0.25) is 5.02 Å². The summed E-state index contributed by atoms with van der Waals surface area (Å²) < 4.78 is 44.8. The second kappa shape index (κ2) is 6.12. The van der Waals surface area contributed by atoms with Gasteiger partial charge in [-0.25, -0.2) is 0 Å². The van der Waals surface area contributed by atoms with Crippen molar-refractivity contribution in [3.63, 3.8) is 0 Å². The fraction of sp³-hybridized carbons (Fsp3) is 0.333. The van der Waals surface area contributed by atoms with E-state index < -0.39 is 11.7 Å². The molecule has 0 radical (unpaired) electrons. The number of nitrogens with one attached hydrogen (secondary N) is 1. The molecule has 6 heteroatoms. The molecule has 0 bridgehead atoms. The van der Waals surface area contributed by atoms with Gasteiger partial charge in [0.2, 0.25) is 0 Å². The lowest BCUT2D eigenvalue weighted by Crippen LogP contribution is -2.23. The van der Waals surface area contributed by atoms with Crippen LogP contribution in [0.3, 0.4) is 0 Å². The van der Waals surface area contributed by atoms with Gasteiger partial charge in [-0.2, -0.15) is 13.2 Å². The van der Waals surface area contributed by atoms with Crippen LogP contribution in [0.5, 0.6) is 0 Å². The van der Waals surface area contributed by atoms with Crippen LogP contribution >= 0.6 is 11.6 Å². The van der Waals surface area contributed by atoms with Crippen LogP contribution in [-0.4, -0.2) is 13.1 Å². The molecule has 1 unspecified atom stereocenters. The lowest BCUT2D eigenvalue weighted by molar-refractivity contribution is -0.137. The molecule has 0 saturated heterocycles. The standard InChI is InChI=1S/C15H15ClF3NO/c1-9(20-2)7-11-4-6-14(21-11)12-5-3-10(16)8-13(12)15(17,18)19/h3-6,8-9,20H,7H2,1-2H3. The molecule has 21 heavy (non-hydrogen) atoms. The molecule has 0 amide bonds. The van der Waals surface area contributed by atoms with Crippen molar-refractivity contribution in [2.75, 3.05) is 7.05 Å². The van der Waals surface area contributed by atoms with Crippen LogP contribution in [0.15, 0.2) is 34.7 Å². The third-order valence-corrected chi connectivity index (χ3v) is 3.45. The van der Waals surface area contributed by atoms with Crippen molar-refractivity contribution < 1.29 is 17.6 Å². The van der Waals surface area contributed by atoms with Crippen molar-refractivity contribution in [2.45, 2.75) is 25.6 Å². The lowest BCUT2D eigenvalue weighted by atomic mass is 10.1. The molecule has 1 heterocycles. The predicted molar refractivity (Wildman–Crippen MR) is 76.4 cm³/mol. The first-order valence-electron chi connectivity index (χ1n) is 6.44. The molecule has 0 spiro atoms. The zero-order chi connectivity index (χ0) is 15.6. The Morgan fingerprint density at radius 3 is 2.57 bits per heavy atom. The molecule has 0 saturated carbocycles. The normalized spacial score (nSPS) is 13.4. The highest BCUT2D eigenvalue weighted by molar-refractivity contribution is 6.30. The number of hydrogen-bond donors (Lipinski definition) is 1. The summed E-state index contributed by atoms with van der Waals surface area (Å²) in [6, 6.07) is 7.08. The summed E-state index contributed by atoms with van der Waals surface area (Å²) in [4.78, 5) is 0. The highest BCUT2D eigenvalue weighted by atomic mass is 35.5. The summed E-state index contributed by atoms with van der Waals surface area (Å²) in [6.07, 6.45) is -3.88. The van der Waals surface area contributed by atoms with Crippen LogP contribution in [-0.2, 0) is 12.6 Å². The quantitative estimate of drug-likeness (QED) is 0.878. The Morgan fingerprint density at radius 2 is 1.95 bits per heavy atom. The first-order valence-corrected chi connectivity index (χ1v) is 6.82. The van der Waals surface area contributed by atoms with E-state index in [1.54, 1.807) is 12.1 Å². The largest absolute Gasteiger partial charge is 0.461 e. The molecule has 1 aromatic carbocycles. The molecular formula is C15H15ClF3NO. The Balaban J connectivity index is 2.39. The van der Waals surface area contributed by atoms with E-state index in [4.69, 9.17) is 16.0 Å². The maximum Gasteiger partial charge on any atom is 0.417 e. The third kappa shape index (κ3) is 3.80. The van der Waals surface area contributed by atoms with Crippen molar-refractivity contribution in [3.05, 3.63) is 46.7 Å². The summed E-state index contributed by atoms with van der Waals surface area (Å²) in [5.74, 6) is 0.826. The predicted octanol–water partition coefficient (Wildman–Crippen LogP) is 4.77. The summed E-state index contributed by atoms with van der Waals surface area (Å²) in [7, 11) is 1.81. The van der Waals surface area contributed by atoms with Gasteiger partial charge >= 0.3 is 6.18 Å². The number of benzene rings is 1. The minimum atomic E-state index is -4.48. The average Bonchev–Trinajstić information content (AvgIpc) is 2.85. The Morgan fingerprint density at radius 1 is 1.24 bits per heavy atom. The third-order valence-electron chi connectivity index (χ3n) is 3.21. The zero-order valence-corrected chi connectivity index (χ0v) is 12.3. The molecular weight excluding hydrogens is 303 g/mol. The molecule has 114 valence electrons. The van der Waals surface area contributed by atoms with Gasteiger partial charge in [-0.05, 0) is 44.3 Å². The Labute approximate surface area is 125 Å². The van der Waals surface area contributed by atoms with Crippen molar-refractivity contribution in [3.8, 4) is 11.3 Å². The molecule has 1 aromatic heterocycles. The van der Waals surface area contributed by atoms with Gasteiger partial charge in [0, 0.05) is 23.0 Å². The number of rotatable bonds is 4. The maximum absolute atomic E-state index is 13.1. The highest BCUT2D eigenvalue weighted by Gasteiger charge is 2.34. The van der Waals surface area contributed by atoms with Crippen molar-refractivity contribution in [1.29, 1.82) is 0 Å². The van der Waals surface area contributed by atoms with Gasteiger partial charge < -0.3 is 9.73 Å². The van der Waals surface area contributed by atoms with Crippen LogP contribution in [0.25, 0.3) is 11.3 Å². The van der Waals surface area contributed by atoms with Gasteiger partial charge in [0.15, 0.2) is 0 Å². The molecule has 1 N–H and O–H groups in total. The second-order valence-corrected chi connectivity index (χ2v) is 5.28. The van der Waals surface area contributed by atoms with Gasteiger partial charge in [0.25, 0.3) is 0 Å². The number of halogens is 4. The first kappa shape index (κ1) is 15.9. The van der Waals surface area contributed by atoms with Crippen molar-refractivity contribution >= 4 is 11.6 Å². The van der Waals surface area contributed by atoms with Crippen LogP contribution < -0.4 is 5.32 Å². The van der Waals surface area contributed by atoms with Crippen LogP contribution in [0.4, 0.5) is 13.2 Å². The number of furan rings is 1. The fourth-order valence-electron chi connectivity index (χ4n) is 2.00. The topological polar surface area (TPSA) is 25.2 Å². The molecule has 0 aliphatic carbocycles. The van der Waals surface area contributed by atoms with Gasteiger partial charge in [-0.1, -0.05) is 11.6 Å². The van der Waals surface area contributed by atoms with E-state index in [0.29, 0.717) is 12.2 Å². The highest BCUT2D eigenvalue weighted by Crippen LogP contribution is 2.39. The Hall–Kier alpha value is -1.46. The van der Waals surface area contributed by atoms with E-state index >= 15 is 0 Å². The summed E-state index contributed by atoms with van der Waals surface area (Å²) >= 11 is 5.66. The van der Waals surface area contributed by atoms with Crippen molar-refractivity contribution in [2.24, 2.45) is 0 Å². The molecule has 0 aliphatic rings. The molecule has 0 fully saturated rings. The van der Waals surface area contributed by atoms with E-state index in [1.165, 1.54) is 12.1 Å². The van der Waals surface area contributed by atoms with E-state index in [1.807, 2.05) is 14.0 Å². The van der Waals surface area contributed by atoms with Gasteiger partial charge in [0.1, 0.15) is 11.5 Å². The number of hydrogen-bond acceptors (Lipinski definition) is 2. The fourth-order valence-corrected chi connectivity index (χ4v) is 2.17. The average molecular weight is 318 g/mol. The second-order valence-electron chi connectivity index (χ2n) is 4.85. The Kier molecular flexibility index (Phi) is 4.64. The lowest BCUT2D eigenvalue weighted by Gasteiger charge is -2.12. The molecule has 2 aromatic rings. The Bertz CT molecular complexity index is 622. The van der Waals surface area contributed by atoms with Crippen molar-refractivity contribution in [1.82, 2.24) is 5.32 Å². The van der Waals surface area contributed by atoms with Gasteiger partial charge in [-0.15, -0.1) is 0 Å². The molecule has 1 atom stereocenters. The number of alkyl halides is 3. The monoisotopic (exact) mass is 317 g/mol. The van der Waals surface area contributed by atoms with E-state index in [2.05, 4.69) is 5.32 Å². The minimum absolute atomic E-state index is 0.00439. The summed E-state index contributed by atoms with van der Waals surface area (Å²) in [6.45, 7) is 1.96. The first-order chi connectivity index (χ1) is 9.81. The number of likely N-dealkylation sites (N-methyl/N-ethyl adjacent to an activating group) is 1. The van der Waals surface area contributed by atoms with Gasteiger partial charge in [0.05, 0.1) is 5.56 Å². The summed E-state index contributed by atoms with van der Waals surface area (Å²) in [5, 5.41) is 3.09. The maximum atomic E-state index is 13.1. The minimum Gasteiger partial charge on any atom is -0.461 e. The smallest absolute Gasteiger partial charge is 0.417 e. The molecule has 2 nitrogen and oxygen atoms in total. The molecule has 2 rings (SSSR count). The molecule has 0 aliphatic heterocycles. The SMILES string of the molecule is CNC(C)Cc1ccc(-c2ccc(Cl)cc2C(F)(F)F)o1. The zero-order valence-electron chi connectivity index (χ0n) is 11.6. The van der Waals surface area contributed by atoms with E-state index in [0.717, 1.165) is 6.07 Å². The van der Waals surface area contributed by atoms with Crippen LogP contribution in [0.1, 0.15) is 18.2 Å². The van der Waals surface area contributed by atoms with E-state index in [9.17, 15) is 13.2 Å². The van der Waals surface area contributed by atoms with Gasteiger partial charge in [-0.3, -0.25) is 0 Å². The summed E-state index contributed by atoms with van der Waals surface area (Å²) in [5.41, 5.74) is -0.798. The van der Waals surface area contributed by atoms with E-state index in [-0.39, 0.29) is 22.4 Å². The van der Waals surface area contributed by atoms with Crippen LogP contribution in [0, 0.1) is 0 Å².